The Balaban J connectivity index is 4.98. The molecule has 2 atom stereocenters. The highest BCUT2D eigenvalue weighted by atomic mass is 32.3. The van der Waals surface area contributed by atoms with Gasteiger partial charge in [-0.2, -0.15) is 16.8 Å². The quantitative estimate of drug-likeness (QED) is 0.489. The first-order valence-electron chi connectivity index (χ1n) is 8.26. The molecule has 0 bridgehead atoms. The van der Waals surface area contributed by atoms with Crippen LogP contribution >= 0.6 is 0 Å². The summed E-state index contributed by atoms with van der Waals surface area (Å²) in [4.78, 5) is 0. The summed E-state index contributed by atoms with van der Waals surface area (Å²) in [6.07, 6.45) is 1.60. The van der Waals surface area contributed by atoms with Crippen LogP contribution in [0.3, 0.4) is 0 Å². The van der Waals surface area contributed by atoms with Crippen molar-refractivity contribution >= 4 is 20.2 Å². The van der Waals surface area contributed by atoms with E-state index >= 15 is 0 Å². The molecule has 2 unspecified atom stereocenters. The van der Waals surface area contributed by atoms with Gasteiger partial charge in [0.05, 0.1) is 12.2 Å². The minimum atomic E-state index is -4.20. The maximum atomic E-state index is 12.1. The molecule has 140 valence electrons. The lowest BCUT2D eigenvalue weighted by molar-refractivity contribution is 0.144. The molecule has 0 aromatic heterocycles. The van der Waals surface area contributed by atoms with Crippen molar-refractivity contribution < 1.29 is 25.2 Å². The van der Waals surface area contributed by atoms with Crippen molar-refractivity contribution in [3.63, 3.8) is 0 Å². The molecule has 0 spiro atoms. The number of hydrogen-bond acceptors (Lipinski definition) is 6. The molecule has 0 amide bonds. The Morgan fingerprint density at radius 3 is 1.22 bits per heavy atom. The van der Waals surface area contributed by atoms with Gasteiger partial charge in [-0.25, -0.2) is 0 Å². The highest BCUT2D eigenvalue weighted by molar-refractivity contribution is 8.03. The second-order valence-corrected chi connectivity index (χ2v) is 10.1. The molecular formula is C15H32O6S2. The lowest BCUT2D eigenvalue weighted by atomic mass is 10.0. The van der Waals surface area contributed by atoms with Gasteiger partial charge in [-0.05, 0) is 24.7 Å². The van der Waals surface area contributed by atoms with Crippen LogP contribution in [-0.2, 0) is 28.6 Å². The van der Waals surface area contributed by atoms with Crippen LogP contribution in [0.1, 0.15) is 67.2 Å². The third-order valence-corrected chi connectivity index (χ3v) is 6.85. The van der Waals surface area contributed by atoms with Gasteiger partial charge in [0, 0.05) is 0 Å². The summed E-state index contributed by atoms with van der Waals surface area (Å²) >= 11 is 0. The molecule has 0 rings (SSSR count). The average Bonchev–Trinajstić information content (AvgIpc) is 2.35. The van der Waals surface area contributed by atoms with E-state index in [2.05, 4.69) is 0 Å². The summed E-state index contributed by atoms with van der Waals surface area (Å²) in [5.74, 6) is -0.0336. The molecule has 0 N–H and O–H groups in total. The molecule has 0 saturated carbocycles. The zero-order chi connectivity index (χ0) is 18.3. The van der Waals surface area contributed by atoms with Crippen molar-refractivity contribution in [2.75, 3.05) is 5.08 Å². The Kier molecular flexibility index (Phi) is 9.88. The van der Waals surface area contributed by atoms with Crippen molar-refractivity contribution in [2.24, 2.45) is 11.8 Å². The SMILES string of the molecule is CCCC(OS(=O)(=O)CS(=O)(=O)OC(CCC)C(C)C)C(C)C. The maximum Gasteiger partial charge on any atom is 0.284 e. The Bertz CT molecular complexity index is 474. The Morgan fingerprint density at radius 1 is 0.696 bits per heavy atom. The van der Waals surface area contributed by atoms with Crippen LogP contribution in [0.5, 0.6) is 0 Å². The van der Waals surface area contributed by atoms with Crippen LogP contribution in [0.15, 0.2) is 0 Å². The summed E-state index contributed by atoms with van der Waals surface area (Å²) in [6.45, 7) is 11.2. The molecule has 0 saturated heterocycles. The van der Waals surface area contributed by atoms with E-state index in [1.54, 1.807) is 0 Å². The van der Waals surface area contributed by atoms with Crippen molar-refractivity contribution in [1.82, 2.24) is 0 Å². The predicted octanol–water partition coefficient (Wildman–Crippen LogP) is 3.29. The van der Waals surface area contributed by atoms with Crippen LogP contribution < -0.4 is 0 Å². The fourth-order valence-electron chi connectivity index (χ4n) is 2.16. The standard InChI is InChI=1S/C15H32O6S2/c1-7-9-14(12(3)4)20-22(16,17)11-23(18,19)21-15(10-8-2)13(5)6/h12-15H,7-11H2,1-6H3. The highest BCUT2D eigenvalue weighted by Gasteiger charge is 2.31. The van der Waals surface area contributed by atoms with Gasteiger partial charge in [-0.15, -0.1) is 0 Å². The van der Waals surface area contributed by atoms with E-state index in [1.807, 2.05) is 41.5 Å². The average molecular weight is 373 g/mol. The fourth-order valence-corrected chi connectivity index (χ4v) is 5.41. The van der Waals surface area contributed by atoms with Gasteiger partial charge in [0.1, 0.15) is 0 Å². The molecule has 0 aromatic carbocycles. The first-order valence-corrected chi connectivity index (χ1v) is 11.4. The van der Waals surface area contributed by atoms with E-state index in [9.17, 15) is 16.8 Å². The minimum Gasteiger partial charge on any atom is -0.266 e. The lowest BCUT2D eigenvalue weighted by Crippen LogP contribution is -2.31. The van der Waals surface area contributed by atoms with Gasteiger partial charge in [-0.1, -0.05) is 54.4 Å². The third-order valence-electron chi connectivity index (χ3n) is 3.46. The van der Waals surface area contributed by atoms with E-state index in [1.165, 1.54) is 0 Å². The summed E-state index contributed by atoms with van der Waals surface area (Å²) in [7, 11) is -8.41. The molecule has 0 aliphatic heterocycles. The van der Waals surface area contributed by atoms with E-state index in [4.69, 9.17) is 8.37 Å². The summed E-state index contributed by atoms with van der Waals surface area (Å²) < 4.78 is 58.4. The van der Waals surface area contributed by atoms with Crippen molar-refractivity contribution in [1.29, 1.82) is 0 Å². The molecule has 0 aromatic rings. The Hall–Kier alpha value is -0.180. The van der Waals surface area contributed by atoms with Crippen LogP contribution in [0.4, 0.5) is 0 Å². The minimum absolute atomic E-state index is 0.0168. The summed E-state index contributed by atoms with van der Waals surface area (Å²) in [5.41, 5.74) is 0. The van der Waals surface area contributed by atoms with Crippen LogP contribution in [0, 0.1) is 11.8 Å². The summed E-state index contributed by atoms with van der Waals surface area (Å²) in [6, 6.07) is 0. The van der Waals surface area contributed by atoms with Gasteiger partial charge >= 0.3 is 0 Å². The Morgan fingerprint density at radius 2 is 1.00 bits per heavy atom. The monoisotopic (exact) mass is 372 g/mol. The molecule has 0 heterocycles. The molecule has 8 heteroatoms. The van der Waals surface area contributed by atoms with E-state index in [0.29, 0.717) is 12.8 Å². The van der Waals surface area contributed by atoms with Crippen LogP contribution in [-0.4, -0.2) is 34.1 Å². The van der Waals surface area contributed by atoms with E-state index in [-0.39, 0.29) is 11.8 Å². The third kappa shape index (κ3) is 9.64. The van der Waals surface area contributed by atoms with Gasteiger partial charge < -0.3 is 0 Å². The van der Waals surface area contributed by atoms with Crippen LogP contribution in [0.2, 0.25) is 0 Å². The second-order valence-electron chi connectivity index (χ2n) is 6.57. The normalized spacial score (nSPS) is 16.0. The smallest absolute Gasteiger partial charge is 0.266 e. The van der Waals surface area contributed by atoms with Gasteiger partial charge in [0.25, 0.3) is 20.2 Å². The highest BCUT2D eigenvalue weighted by Crippen LogP contribution is 2.20. The molecule has 0 aliphatic carbocycles. The number of hydrogen-bond donors (Lipinski definition) is 0. The zero-order valence-electron chi connectivity index (χ0n) is 15.1. The fraction of sp³-hybridized carbons (Fsp3) is 1.00. The predicted molar refractivity (Wildman–Crippen MR) is 91.9 cm³/mol. The van der Waals surface area contributed by atoms with E-state index < -0.39 is 37.5 Å². The lowest BCUT2D eigenvalue weighted by Gasteiger charge is -2.22. The molecule has 6 nitrogen and oxygen atoms in total. The molecule has 0 aliphatic rings. The molecular weight excluding hydrogens is 340 g/mol. The van der Waals surface area contributed by atoms with Gasteiger partial charge in [-0.3, -0.25) is 8.37 Å². The maximum absolute atomic E-state index is 12.1. The van der Waals surface area contributed by atoms with Crippen LogP contribution in [0.25, 0.3) is 0 Å². The molecule has 0 radical (unpaired) electrons. The van der Waals surface area contributed by atoms with Gasteiger partial charge in [0.15, 0.2) is 0 Å². The second kappa shape index (κ2) is 9.96. The van der Waals surface area contributed by atoms with E-state index in [0.717, 1.165) is 12.8 Å². The molecule has 0 fully saturated rings. The number of rotatable bonds is 12. The van der Waals surface area contributed by atoms with Crippen molar-refractivity contribution in [3.8, 4) is 0 Å². The Labute approximate surface area is 142 Å². The van der Waals surface area contributed by atoms with Crippen molar-refractivity contribution in [2.45, 2.75) is 79.4 Å². The zero-order valence-corrected chi connectivity index (χ0v) is 16.7. The first-order chi connectivity index (χ1) is 10.4. The molecule has 23 heavy (non-hydrogen) atoms. The van der Waals surface area contributed by atoms with Gasteiger partial charge in [0.2, 0.25) is 5.08 Å². The first kappa shape index (κ1) is 22.8. The van der Waals surface area contributed by atoms with Crippen molar-refractivity contribution in [3.05, 3.63) is 0 Å². The topological polar surface area (TPSA) is 86.7 Å². The largest absolute Gasteiger partial charge is 0.284 e. The summed E-state index contributed by atoms with van der Waals surface area (Å²) in [5, 5.41) is -1.14.